The van der Waals surface area contributed by atoms with Crippen LogP contribution in [0.15, 0.2) is 65.7 Å². The highest BCUT2D eigenvalue weighted by Crippen LogP contribution is 2.20. The fourth-order valence-corrected chi connectivity index (χ4v) is 3.37. The normalized spacial score (nSPS) is 12.1. The Morgan fingerprint density at radius 3 is 2.60 bits per heavy atom. The summed E-state index contributed by atoms with van der Waals surface area (Å²) in [7, 11) is 0. The lowest BCUT2D eigenvalue weighted by molar-refractivity contribution is -0.119. The number of rotatable bonds is 6. The van der Waals surface area contributed by atoms with Crippen LogP contribution in [0, 0.1) is 0 Å². The second-order valence-corrected chi connectivity index (χ2v) is 7.01. The maximum atomic E-state index is 12.2. The first kappa shape index (κ1) is 17.5. The topological polar surface area (TPSA) is 42.0 Å². The van der Waals surface area contributed by atoms with Crippen molar-refractivity contribution in [1.29, 1.82) is 0 Å². The molecule has 3 rings (SSSR count). The van der Waals surface area contributed by atoms with Crippen molar-refractivity contribution < 1.29 is 4.79 Å². The molecule has 25 heavy (non-hydrogen) atoms. The molecule has 0 radical (unpaired) electrons. The number of thioether (sulfide) groups is 1. The molecule has 128 valence electrons. The van der Waals surface area contributed by atoms with Gasteiger partial charge in [0.1, 0.15) is 0 Å². The number of carbonyl (C=O) groups is 1. The van der Waals surface area contributed by atoms with Gasteiger partial charge >= 0.3 is 0 Å². The monoisotopic (exact) mass is 350 g/mol. The van der Waals surface area contributed by atoms with Crippen molar-refractivity contribution in [2.75, 3.05) is 5.75 Å². The number of para-hydroxylation sites is 1. The number of aryl methyl sites for hydroxylation is 1. The summed E-state index contributed by atoms with van der Waals surface area (Å²) in [5, 5.41) is 5.03. The first-order valence-electron chi connectivity index (χ1n) is 8.52. The molecule has 1 N–H and O–H groups in total. The largest absolute Gasteiger partial charge is 0.349 e. The summed E-state index contributed by atoms with van der Waals surface area (Å²) in [6.45, 7) is 4.15. The SMILES string of the molecule is CCc1ccc([C@H](C)NC(=O)CSc2ccc3ccccc3n2)cc1. The second-order valence-electron chi connectivity index (χ2n) is 6.02. The molecule has 0 bridgehead atoms. The van der Waals surface area contributed by atoms with Gasteiger partial charge in [-0.2, -0.15) is 0 Å². The van der Waals surface area contributed by atoms with Crippen LogP contribution in [0.5, 0.6) is 0 Å². The summed E-state index contributed by atoms with van der Waals surface area (Å²) in [6.07, 6.45) is 1.02. The first-order chi connectivity index (χ1) is 12.2. The van der Waals surface area contributed by atoms with E-state index in [1.165, 1.54) is 17.3 Å². The number of nitrogens with zero attached hydrogens (tertiary/aromatic N) is 1. The van der Waals surface area contributed by atoms with Crippen molar-refractivity contribution in [3.63, 3.8) is 0 Å². The van der Waals surface area contributed by atoms with Gasteiger partial charge < -0.3 is 5.32 Å². The Labute approximate surface area is 152 Å². The van der Waals surface area contributed by atoms with E-state index in [0.29, 0.717) is 5.75 Å². The number of fused-ring (bicyclic) bond motifs is 1. The molecule has 0 aliphatic heterocycles. The maximum absolute atomic E-state index is 12.2. The van der Waals surface area contributed by atoms with Crippen molar-refractivity contribution in [2.45, 2.75) is 31.3 Å². The summed E-state index contributed by atoms with van der Waals surface area (Å²) in [4.78, 5) is 16.8. The number of hydrogen-bond acceptors (Lipinski definition) is 3. The van der Waals surface area contributed by atoms with Gasteiger partial charge in [-0.15, -0.1) is 0 Å². The van der Waals surface area contributed by atoms with Gasteiger partial charge in [0.05, 0.1) is 22.3 Å². The minimum Gasteiger partial charge on any atom is -0.349 e. The standard InChI is InChI=1S/C21H22N2OS/c1-3-16-8-10-17(11-9-16)15(2)22-20(24)14-25-21-13-12-18-6-4-5-7-19(18)23-21/h4-13,15H,3,14H2,1-2H3,(H,22,24)/t15-/m0/s1. The van der Waals surface area contributed by atoms with E-state index in [4.69, 9.17) is 0 Å². The van der Waals surface area contributed by atoms with Crippen LogP contribution in [-0.4, -0.2) is 16.6 Å². The highest BCUT2D eigenvalue weighted by atomic mass is 32.2. The Hall–Kier alpha value is -2.33. The maximum Gasteiger partial charge on any atom is 0.230 e. The molecule has 0 unspecified atom stereocenters. The fraction of sp³-hybridized carbons (Fsp3) is 0.238. The third kappa shape index (κ3) is 4.60. The Morgan fingerprint density at radius 2 is 1.84 bits per heavy atom. The van der Waals surface area contributed by atoms with Crippen molar-refractivity contribution in [3.8, 4) is 0 Å². The van der Waals surface area contributed by atoms with Gasteiger partial charge in [0.25, 0.3) is 0 Å². The van der Waals surface area contributed by atoms with Crippen LogP contribution in [0.2, 0.25) is 0 Å². The zero-order valence-electron chi connectivity index (χ0n) is 14.5. The predicted octanol–water partition coefficient (Wildman–Crippen LogP) is 4.77. The van der Waals surface area contributed by atoms with Crippen LogP contribution in [0.25, 0.3) is 10.9 Å². The summed E-state index contributed by atoms with van der Waals surface area (Å²) < 4.78 is 0. The van der Waals surface area contributed by atoms with E-state index in [2.05, 4.69) is 41.5 Å². The zero-order valence-corrected chi connectivity index (χ0v) is 15.3. The average Bonchev–Trinajstić information content (AvgIpc) is 2.66. The molecule has 0 fully saturated rings. The lowest BCUT2D eigenvalue weighted by atomic mass is 10.1. The van der Waals surface area contributed by atoms with Crippen molar-refractivity contribution in [3.05, 3.63) is 71.8 Å². The highest BCUT2D eigenvalue weighted by Gasteiger charge is 2.10. The van der Waals surface area contributed by atoms with Gasteiger partial charge in [-0.1, -0.05) is 67.2 Å². The number of aromatic nitrogens is 1. The minimum atomic E-state index is 0.00330. The molecule has 1 atom stereocenters. The molecule has 0 aliphatic carbocycles. The number of benzene rings is 2. The second kappa shape index (κ2) is 8.17. The van der Waals surface area contributed by atoms with E-state index < -0.39 is 0 Å². The number of pyridine rings is 1. The van der Waals surface area contributed by atoms with Crippen LogP contribution in [0.3, 0.4) is 0 Å². The van der Waals surface area contributed by atoms with E-state index in [9.17, 15) is 4.79 Å². The molecular weight excluding hydrogens is 328 g/mol. The number of amides is 1. The van der Waals surface area contributed by atoms with Crippen molar-refractivity contribution in [2.24, 2.45) is 0 Å². The number of nitrogens with one attached hydrogen (secondary N) is 1. The van der Waals surface area contributed by atoms with E-state index in [1.54, 1.807) is 0 Å². The van der Waals surface area contributed by atoms with Gasteiger partial charge in [0.2, 0.25) is 5.91 Å². The van der Waals surface area contributed by atoms with Crippen LogP contribution >= 0.6 is 11.8 Å². The summed E-state index contributed by atoms with van der Waals surface area (Å²) >= 11 is 1.46. The van der Waals surface area contributed by atoms with Crippen LogP contribution in [0.4, 0.5) is 0 Å². The molecule has 1 aromatic heterocycles. The molecule has 0 saturated heterocycles. The minimum absolute atomic E-state index is 0.00330. The molecule has 2 aromatic carbocycles. The van der Waals surface area contributed by atoms with Gasteiger partial charge in [-0.25, -0.2) is 4.98 Å². The fourth-order valence-electron chi connectivity index (χ4n) is 2.68. The van der Waals surface area contributed by atoms with Gasteiger partial charge in [-0.3, -0.25) is 4.79 Å². The Morgan fingerprint density at radius 1 is 1.08 bits per heavy atom. The quantitative estimate of drug-likeness (QED) is 0.651. The van der Waals surface area contributed by atoms with Gasteiger partial charge in [-0.05, 0) is 36.6 Å². The zero-order chi connectivity index (χ0) is 17.6. The Bertz CT molecular complexity index is 861. The summed E-state index contributed by atoms with van der Waals surface area (Å²) in [6, 6.07) is 20.4. The van der Waals surface area contributed by atoms with Crippen molar-refractivity contribution >= 4 is 28.6 Å². The number of carbonyl (C=O) groups excluding carboxylic acids is 1. The molecule has 3 aromatic rings. The molecule has 0 saturated carbocycles. The molecule has 3 nitrogen and oxygen atoms in total. The predicted molar refractivity (Wildman–Crippen MR) is 105 cm³/mol. The van der Waals surface area contributed by atoms with Crippen LogP contribution in [-0.2, 0) is 11.2 Å². The lowest BCUT2D eigenvalue weighted by Crippen LogP contribution is -2.28. The van der Waals surface area contributed by atoms with Crippen molar-refractivity contribution in [1.82, 2.24) is 10.3 Å². The lowest BCUT2D eigenvalue weighted by Gasteiger charge is -2.14. The van der Waals surface area contributed by atoms with E-state index in [-0.39, 0.29) is 11.9 Å². The molecular formula is C21H22N2OS. The molecule has 0 spiro atoms. The third-order valence-corrected chi connectivity index (χ3v) is 5.12. The number of hydrogen-bond donors (Lipinski definition) is 1. The molecule has 1 heterocycles. The molecule has 0 aliphatic rings. The van der Waals surface area contributed by atoms with E-state index in [0.717, 1.165) is 27.9 Å². The average molecular weight is 350 g/mol. The van der Waals surface area contributed by atoms with E-state index in [1.807, 2.05) is 43.3 Å². The van der Waals surface area contributed by atoms with Crippen LogP contribution < -0.4 is 5.32 Å². The van der Waals surface area contributed by atoms with Gasteiger partial charge in [0.15, 0.2) is 0 Å². The van der Waals surface area contributed by atoms with E-state index >= 15 is 0 Å². The summed E-state index contributed by atoms with van der Waals surface area (Å²) in [5.74, 6) is 0.384. The third-order valence-electron chi connectivity index (χ3n) is 4.19. The Kier molecular flexibility index (Phi) is 5.71. The van der Waals surface area contributed by atoms with Crippen LogP contribution in [0.1, 0.15) is 31.0 Å². The van der Waals surface area contributed by atoms with Gasteiger partial charge in [0, 0.05) is 5.39 Å². The molecule has 4 heteroatoms. The Balaban J connectivity index is 1.55. The first-order valence-corrected chi connectivity index (χ1v) is 9.51. The highest BCUT2D eigenvalue weighted by molar-refractivity contribution is 7.99. The molecule has 1 amide bonds. The summed E-state index contributed by atoms with van der Waals surface area (Å²) in [5.41, 5.74) is 3.39. The smallest absolute Gasteiger partial charge is 0.230 e.